The lowest BCUT2D eigenvalue weighted by atomic mass is 9.46. The quantitative estimate of drug-likeness (QED) is 0.569. The van der Waals surface area contributed by atoms with Gasteiger partial charge in [-0.1, -0.05) is 20.8 Å². The summed E-state index contributed by atoms with van der Waals surface area (Å²) in [7, 11) is 0. The smallest absolute Gasteiger partial charge is 0.0352 e. The third-order valence-corrected chi connectivity index (χ3v) is 4.03. The summed E-state index contributed by atoms with van der Waals surface area (Å²) < 4.78 is 0. The van der Waals surface area contributed by atoms with Crippen LogP contribution >= 0.6 is 0 Å². The maximum Gasteiger partial charge on any atom is -0.0352 e. The van der Waals surface area contributed by atoms with E-state index >= 15 is 0 Å². The molecule has 4 atom stereocenters. The highest BCUT2D eigenvalue weighted by molar-refractivity contribution is 5.01. The number of hydrogen-bond acceptors (Lipinski definition) is 0. The molecule has 11 heavy (non-hydrogen) atoms. The monoisotopic (exact) mass is 152 g/mol. The Morgan fingerprint density at radius 1 is 1.18 bits per heavy atom. The second-order valence-electron chi connectivity index (χ2n) is 5.06. The van der Waals surface area contributed by atoms with Crippen molar-refractivity contribution in [1.29, 1.82) is 0 Å². The van der Waals surface area contributed by atoms with Crippen LogP contribution in [0.5, 0.6) is 0 Å². The summed E-state index contributed by atoms with van der Waals surface area (Å²) in [5.74, 6) is 5.40. The van der Waals surface area contributed by atoms with Gasteiger partial charge in [0, 0.05) is 0 Å². The van der Waals surface area contributed by atoms with Crippen LogP contribution < -0.4 is 0 Å². The van der Waals surface area contributed by atoms with E-state index in [9.17, 15) is 0 Å². The topological polar surface area (TPSA) is 0 Å². The molecule has 0 radical (unpaired) electrons. The van der Waals surface area contributed by atoms with Gasteiger partial charge in [-0.25, -0.2) is 0 Å². The minimum Gasteiger partial charge on any atom is -0.0628 e. The highest BCUT2D eigenvalue weighted by atomic mass is 14.6. The molecule has 0 N–H and O–H groups in total. The van der Waals surface area contributed by atoms with Crippen molar-refractivity contribution >= 4 is 0 Å². The Morgan fingerprint density at radius 3 is 2.18 bits per heavy atom. The van der Waals surface area contributed by atoms with Crippen LogP contribution in [0.1, 0.15) is 40.0 Å². The second-order valence-corrected chi connectivity index (χ2v) is 5.06. The molecule has 0 aromatic carbocycles. The molecule has 64 valence electrons. The van der Waals surface area contributed by atoms with E-state index in [2.05, 4.69) is 20.8 Å². The standard InChI is InChI=1S/C11H20/c1-7(2)6-11-8(3)9-4-5-10(9)11/h7-11H,4-6H2,1-3H3. The molecule has 4 unspecified atom stereocenters. The lowest BCUT2D eigenvalue weighted by molar-refractivity contribution is -0.100. The van der Waals surface area contributed by atoms with Crippen LogP contribution in [-0.4, -0.2) is 0 Å². The van der Waals surface area contributed by atoms with Gasteiger partial charge in [0.1, 0.15) is 0 Å². The number of rotatable bonds is 2. The van der Waals surface area contributed by atoms with Crippen molar-refractivity contribution < 1.29 is 0 Å². The van der Waals surface area contributed by atoms with Gasteiger partial charge in [-0.05, 0) is 48.9 Å². The van der Waals surface area contributed by atoms with Crippen LogP contribution in [0.3, 0.4) is 0 Å². The van der Waals surface area contributed by atoms with E-state index in [1.54, 1.807) is 12.8 Å². The van der Waals surface area contributed by atoms with Crippen molar-refractivity contribution in [3.8, 4) is 0 Å². The Kier molecular flexibility index (Phi) is 1.74. The molecule has 0 saturated heterocycles. The fourth-order valence-electron chi connectivity index (χ4n) is 3.23. The summed E-state index contributed by atoms with van der Waals surface area (Å²) in [6, 6.07) is 0. The molecule has 0 bridgehead atoms. The van der Waals surface area contributed by atoms with Crippen molar-refractivity contribution in [3.63, 3.8) is 0 Å². The van der Waals surface area contributed by atoms with E-state index in [0.29, 0.717) is 0 Å². The van der Waals surface area contributed by atoms with Crippen molar-refractivity contribution in [2.75, 3.05) is 0 Å². The first kappa shape index (κ1) is 7.64. The Labute approximate surface area is 70.4 Å². The zero-order valence-corrected chi connectivity index (χ0v) is 8.01. The lowest BCUT2D eigenvalue weighted by Gasteiger charge is -2.59. The third kappa shape index (κ3) is 1.02. The SMILES string of the molecule is CC(C)CC1C(C)C2CCC21. The van der Waals surface area contributed by atoms with E-state index in [1.807, 2.05) is 0 Å². The highest BCUT2D eigenvalue weighted by Gasteiger charge is 2.52. The van der Waals surface area contributed by atoms with Gasteiger partial charge in [-0.15, -0.1) is 0 Å². The zero-order valence-electron chi connectivity index (χ0n) is 8.01. The number of fused-ring (bicyclic) bond motifs is 1. The maximum absolute atomic E-state index is 2.47. The Hall–Kier alpha value is 0. The minimum absolute atomic E-state index is 0.920. The summed E-state index contributed by atoms with van der Waals surface area (Å²) in [6.45, 7) is 7.19. The molecule has 0 spiro atoms. The van der Waals surface area contributed by atoms with Gasteiger partial charge in [0.15, 0.2) is 0 Å². The van der Waals surface area contributed by atoms with Crippen molar-refractivity contribution in [2.24, 2.45) is 29.6 Å². The average Bonchev–Trinajstić information content (AvgIpc) is 1.83. The Balaban J connectivity index is 1.86. The Morgan fingerprint density at radius 2 is 1.82 bits per heavy atom. The van der Waals surface area contributed by atoms with Crippen LogP contribution in [0.15, 0.2) is 0 Å². The molecular formula is C11H20. The fraction of sp³-hybridized carbons (Fsp3) is 1.00. The predicted octanol–water partition coefficient (Wildman–Crippen LogP) is 3.32. The summed E-state index contributed by atoms with van der Waals surface area (Å²) in [4.78, 5) is 0. The van der Waals surface area contributed by atoms with Gasteiger partial charge in [0.25, 0.3) is 0 Å². The van der Waals surface area contributed by atoms with E-state index in [0.717, 1.165) is 29.6 Å². The second kappa shape index (κ2) is 2.50. The molecule has 2 fully saturated rings. The third-order valence-electron chi connectivity index (χ3n) is 4.03. The molecule has 0 amide bonds. The molecular weight excluding hydrogens is 132 g/mol. The fourth-order valence-corrected chi connectivity index (χ4v) is 3.23. The first-order valence-electron chi connectivity index (χ1n) is 5.20. The minimum atomic E-state index is 0.920. The molecule has 0 nitrogen and oxygen atoms in total. The van der Waals surface area contributed by atoms with E-state index in [1.165, 1.54) is 6.42 Å². The molecule has 0 heterocycles. The maximum atomic E-state index is 2.47. The van der Waals surface area contributed by atoms with Crippen molar-refractivity contribution in [2.45, 2.75) is 40.0 Å². The summed E-state index contributed by atoms with van der Waals surface area (Å²) in [5, 5.41) is 0. The van der Waals surface area contributed by atoms with E-state index in [-0.39, 0.29) is 0 Å². The lowest BCUT2D eigenvalue weighted by Crippen LogP contribution is -2.52. The van der Waals surface area contributed by atoms with Gasteiger partial charge >= 0.3 is 0 Å². The number of hydrogen-bond donors (Lipinski definition) is 0. The summed E-state index contributed by atoms with van der Waals surface area (Å²) in [5.41, 5.74) is 0. The van der Waals surface area contributed by atoms with Gasteiger partial charge in [-0.3, -0.25) is 0 Å². The normalized spacial score (nSPS) is 48.0. The van der Waals surface area contributed by atoms with Crippen LogP contribution in [0.4, 0.5) is 0 Å². The highest BCUT2D eigenvalue weighted by Crippen LogP contribution is 2.59. The average molecular weight is 152 g/mol. The van der Waals surface area contributed by atoms with Crippen LogP contribution in [0, 0.1) is 29.6 Å². The predicted molar refractivity (Wildman–Crippen MR) is 48.3 cm³/mol. The van der Waals surface area contributed by atoms with Crippen LogP contribution in [-0.2, 0) is 0 Å². The van der Waals surface area contributed by atoms with Crippen LogP contribution in [0.2, 0.25) is 0 Å². The molecule has 0 aliphatic heterocycles. The van der Waals surface area contributed by atoms with Crippen LogP contribution in [0.25, 0.3) is 0 Å². The first-order chi connectivity index (χ1) is 5.20. The molecule has 0 heteroatoms. The largest absolute Gasteiger partial charge is 0.0628 e. The zero-order chi connectivity index (χ0) is 8.01. The molecule has 2 saturated carbocycles. The van der Waals surface area contributed by atoms with Crippen molar-refractivity contribution in [1.82, 2.24) is 0 Å². The summed E-state index contributed by atoms with van der Waals surface area (Å²) >= 11 is 0. The van der Waals surface area contributed by atoms with Crippen molar-refractivity contribution in [3.05, 3.63) is 0 Å². The molecule has 0 aromatic rings. The molecule has 0 aromatic heterocycles. The summed E-state index contributed by atoms with van der Waals surface area (Å²) in [6.07, 6.45) is 4.58. The van der Waals surface area contributed by atoms with E-state index < -0.39 is 0 Å². The molecule has 2 aliphatic rings. The molecule has 2 rings (SSSR count). The first-order valence-corrected chi connectivity index (χ1v) is 5.20. The molecule has 2 aliphatic carbocycles. The van der Waals surface area contributed by atoms with E-state index in [4.69, 9.17) is 0 Å². The van der Waals surface area contributed by atoms with Gasteiger partial charge in [-0.2, -0.15) is 0 Å². The van der Waals surface area contributed by atoms with Gasteiger partial charge < -0.3 is 0 Å². The van der Waals surface area contributed by atoms with Gasteiger partial charge in [0.05, 0.1) is 0 Å². The van der Waals surface area contributed by atoms with Gasteiger partial charge in [0.2, 0.25) is 0 Å². The Bertz CT molecular complexity index is 142.